The van der Waals surface area contributed by atoms with Gasteiger partial charge < -0.3 is 0 Å². The lowest BCUT2D eigenvalue weighted by molar-refractivity contribution is -0.135. The Labute approximate surface area is 144 Å². The number of carbonyl (C=O) groups excluding carboxylic acids is 2. The highest BCUT2D eigenvalue weighted by Crippen LogP contribution is 2.22. The van der Waals surface area contributed by atoms with Gasteiger partial charge in [-0.2, -0.15) is 0 Å². The van der Waals surface area contributed by atoms with E-state index in [9.17, 15) is 9.59 Å². The van der Waals surface area contributed by atoms with E-state index in [4.69, 9.17) is 0 Å². The number of hydrazine groups is 1. The molecule has 0 fully saturated rings. The first-order valence-corrected chi connectivity index (χ1v) is 8.79. The Balaban J connectivity index is 2.18. The molecule has 0 atom stereocenters. The molecule has 0 aliphatic heterocycles. The molecule has 0 saturated heterocycles. The largest absolute Gasteiger partial charge is 0.269 e. The van der Waals surface area contributed by atoms with E-state index in [1.54, 1.807) is 12.1 Å². The van der Waals surface area contributed by atoms with Gasteiger partial charge in [0.25, 0.3) is 11.8 Å². The standard InChI is InChI=1S/C20H28N2O2/c1-20(2,3)22(21-18(23)16-12-10-7-11-13-16)19(24)17-14-8-5-4-6-9-15-17/h7,10-14H,4-6,8-9,15H2,1-3H3,(H,21,23)/b17-14+. The van der Waals surface area contributed by atoms with Crippen molar-refractivity contribution in [2.75, 3.05) is 0 Å². The van der Waals surface area contributed by atoms with Gasteiger partial charge in [-0.25, -0.2) is 5.01 Å². The molecular formula is C20H28N2O2. The second-order valence-electron chi connectivity index (χ2n) is 7.30. The van der Waals surface area contributed by atoms with Crippen LogP contribution in [0.5, 0.6) is 0 Å². The van der Waals surface area contributed by atoms with Crippen LogP contribution in [0.1, 0.15) is 69.7 Å². The molecule has 0 aromatic heterocycles. The van der Waals surface area contributed by atoms with Crippen molar-refractivity contribution >= 4 is 11.8 Å². The topological polar surface area (TPSA) is 49.4 Å². The Morgan fingerprint density at radius 2 is 1.67 bits per heavy atom. The molecule has 0 saturated carbocycles. The monoisotopic (exact) mass is 328 g/mol. The van der Waals surface area contributed by atoms with Crippen LogP contribution in [0.2, 0.25) is 0 Å². The number of hydrogen-bond acceptors (Lipinski definition) is 2. The molecule has 1 aliphatic carbocycles. The second kappa shape index (κ2) is 8.13. The Morgan fingerprint density at radius 1 is 1.00 bits per heavy atom. The van der Waals surface area contributed by atoms with E-state index >= 15 is 0 Å². The van der Waals surface area contributed by atoms with Gasteiger partial charge in [0.2, 0.25) is 0 Å². The highest BCUT2D eigenvalue weighted by Gasteiger charge is 2.30. The molecule has 1 aromatic rings. The third kappa shape index (κ3) is 4.95. The van der Waals surface area contributed by atoms with E-state index in [1.165, 1.54) is 11.4 Å². The van der Waals surface area contributed by atoms with Crippen molar-refractivity contribution in [2.24, 2.45) is 0 Å². The highest BCUT2D eigenvalue weighted by atomic mass is 16.2. The average molecular weight is 328 g/mol. The number of nitrogens with zero attached hydrogens (tertiary/aromatic N) is 1. The highest BCUT2D eigenvalue weighted by molar-refractivity contribution is 5.99. The summed E-state index contributed by atoms with van der Waals surface area (Å²) in [6.07, 6.45) is 8.32. The van der Waals surface area contributed by atoms with Crippen molar-refractivity contribution in [1.29, 1.82) is 0 Å². The van der Waals surface area contributed by atoms with E-state index in [-0.39, 0.29) is 11.8 Å². The van der Waals surface area contributed by atoms with Crippen molar-refractivity contribution in [2.45, 2.75) is 64.8 Å². The molecule has 4 heteroatoms. The minimum Gasteiger partial charge on any atom is -0.268 e. The van der Waals surface area contributed by atoms with Gasteiger partial charge in [-0.05, 0) is 58.6 Å². The van der Waals surface area contributed by atoms with E-state index in [0.717, 1.165) is 37.7 Å². The van der Waals surface area contributed by atoms with Gasteiger partial charge in [-0.1, -0.05) is 37.1 Å². The lowest BCUT2D eigenvalue weighted by Crippen LogP contribution is -2.56. The van der Waals surface area contributed by atoms with Crippen molar-refractivity contribution in [3.63, 3.8) is 0 Å². The maximum atomic E-state index is 13.0. The van der Waals surface area contributed by atoms with Crippen LogP contribution in [-0.4, -0.2) is 22.4 Å². The van der Waals surface area contributed by atoms with Gasteiger partial charge in [-0.15, -0.1) is 0 Å². The van der Waals surface area contributed by atoms with Crippen LogP contribution in [0.25, 0.3) is 0 Å². The maximum Gasteiger partial charge on any atom is 0.269 e. The Kier molecular flexibility index (Phi) is 6.18. The van der Waals surface area contributed by atoms with E-state index < -0.39 is 5.54 Å². The first-order chi connectivity index (χ1) is 11.4. The summed E-state index contributed by atoms with van der Waals surface area (Å²) in [5.41, 5.74) is 3.68. The third-order valence-electron chi connectivity index (χ3n) is 4.19. The Hall–Kier alpha value is -2.10. The van der Waals surface area contributed by atoms with Crippen LogP contribution in [0.4, 0.5) is 0 Å². The van der Waals surface area contributed by atoms with Crippen molar-refractivity contribution < 1.29 is 9.59 Å². The van der Waals surface area contributed by atoms with Gasteiger partial charge >= 0.3 is 0 Å². The number of allylic oxidation sites excluding steroid dienone is 1. The molecule has 0 radical (unpaired) electrons. The molecule has 2 amide bonds. The first-order valence-electron chi connectivity index (χ1n) is 8.79. The number of carbonyl (C=O) groups is 2. The molecule has 4 nitrogen and oxygen atoms in total. The number of benzene rings is 1. The fourth-order valence-electron chi connectivity index (χ4n) is 2.81. The SMILES string of the molecule is CC(C)(C)N(NC(=O)c1ccccc1)C(=O)/C1=C/CCCCCC1. The minimum absolute atomic E-state index is 0.0892. The van der Waals surface area contributed by atoms with Gasteiger partial charge in [0.15, 0.2) is 0 Å². The number of amides is 2. The summed E-state index contributed by atoms with van der Waals surface area (Å²) in [7, 11) is 0. The fourth-order valence-corrected chi connectivity index (χ4v) is 2.81. The first kappa shape index (κ1) is 18.2. The van der Waals surface area contributed by atoms with Gasteiger partial charge in [-0.3, -0.25) is 15.0 Å². The van der Waals surface area contributed by atoms with E-state index in [1.807, 2.05) is 39.0 Å². The van der Waals surface area contributed by atoms with Gasteiger partial charge in [0.1, 0.15) is 0 Å². The predicted octanol–water partition coefficient (Wildman–Crippen LogP) is 4.24. The summed E-state index contributed by atoms with van der Waals surface area (Å²) in [5.74, 6) is -0.348. The molecule has 1 N–H and O–H groups in total. The predicted molar refractivity (Wildman–Crippen MR) is 96.3 cm³/mol. The van der Waals surface area contributed by atoms with Crippen LogP contribution < -0.4 is 5.43 Å². The Morgan fingerprint density at radius 3 is 2.33 bits per heavy atom. The van der Waals surface area contributed by atoms with Crippen molar-refractivity contribution in [1.82, 2.24) is 10.4 Å². The lowest BCUT2D eigenvalue weighted by Gasteiger charge is -2.36. The third-order valence-corrected chi connectivity index (χ3v) is 4.19. The zero-order valence-electron chi connectivity index (χ0n) is 15.0. The van der Waals surface area contributed by atoms with E-state index in [0.29, 0.717) is 5.56 Å². The smallest absolute Gasteiger partial charge is 0.268 e. The van der Waals surface area contributed by atoms with Crippen molar-refractivity contribution in [3.8, 4) is 0 Å². The molecule has 24 heavy (non-hydrogen) atoms. The summed E-state index contributed by atoms with van der Waals surface area (Å²) in [6.45, 7) is 5.79. The molecule has 1 aliphatic rings. The summed E-state index contributed by atoms with van der Waals surface area (Å²) < 4.78 is 0. The quantitative estimate of drug-likeness (QED) is 0.826. The van der Waals surface area contributed by atoms with Gasteiger partial charge in [0.05, 0.1) is 5.54 Å². The van der Waals surface area contributed by atoms with Crippen LogP contribution in [0.3, 0.4) is 0 Å². The van der Waals surface area contributed by atoms with Crippen LogP contribution >= 0.6 is 0 Å². The molecule has 1 aromatic carbocycles. The zero-order valence-corrected chi connectivity index (χ0v) is 15.0. The fraction of sp³-hybridized carbons (Fsp3) is 0.500. The average Bonchev–Trinajstić information content (AvgIpc) is 2.51. The lowest BCUT2D eigenvalue weighted by atomic mass is 9.98. The van der Waals surface area contributed by atoms with Crippen LogP contribution in [0, 0.1) is 0 Å². The number of hydrogen-bond donors (Lipinski definition) is 1. The van der Waals surface area contributed by atoms with E-state index in [2.05, 4.69) is 11.5 Å². The second-order valence-corrected chi connectivity index (χ2v) is 7.30. The molecular weight excluding hydrogens is 300 g/mol. The summed E-state index contributed by atoms with van der Waals surface area (Å²) in [4.78, 5) is 25.5. The zero-order chi connectivity index (χ0) is 17.6. The summed E-state index contributed by atoms with van der Waals surface area (Å²) in [6, 6.07) is 8.99. The molecule has 0 unspecified atom stereocenters. The number of rotatable bonds is 2. The van der Waals surface area contributed by atoms with Crippen LogP contribution in [-0.2, 0) is 4.79 Å². The van der Waals surface area contributed by atoms with Crippen LogP contribution in [0.15, 0.2) is 42.0 Å². The Bertz CT molecular complexity index is 600. The van der Waals surface area contributed by atoms with Crippen molar-refractivity contribution in [3.05, 3.63) is 47.5 Å². The number of nitrogens with one attached hydrogen (secondary N) is 1. The minimum atomic E-state index is -0.495. The maximum absolute atomic E-state index is 13.0. The summed E-state index contributed by atoms with van der Waals surface area (Å²) in [5, 5.41) is 1.48. The molecule has 0 spiro atoms. The normalized spacial score (nSPS) is 17.9. The molecule has 130 valence electrons. The van der Waals surface area contributed by atoms with Gasteiger partial charge in [0, 0.05) is 11.1 Å². The molecule has 0 bridgehead atoms. The molecule has 0 heterocycles. The summed E-state index contributed by atoms with van der Waals surface area (Å²) >= 11 is 0. The molecule has 2 rings (SSSR count).